The fourth-order valence-electron chi connectivity index (χ4n) is 2.25. The largest absolute Gasteiger partial charge is 0.356 e. The maximum absolute atomic E-state index is 12.2. The van der Waals surface area contributed by atoms with E-state index in [0.717, 1.165) is 31.4 Å². The van der Waals surface area contributed by atoms with Crippen LogP contribution in [-0.2, 0) is 11.2 Å². The minimum Gasteiger partial charge on any atom is -0.356 e. The Morgan fingerprint density at radius 2 is 2.16 bits per heavy atom. The molecule has 0 aliphatic heterocycles. The monoisotopic (exact) mass is 266 g/mol. The van der Waals surface area contributed by atoms with Gasteiger partial charge in [0.25, 0.3) is 0 Å². The molecule has 0 bridgehead atoms. The number of nitrogens with zero attached hydrogens (tertiary/aromatic N) is 1. The highest BCUT2D eigenvalue weighted by molar-refractivity contribution is 5.82. The lowest BCUT2D eigenvalue weighted by molar-refractivity contribution is -0.131. The van der Waals surface area contributed by atoms with Gasteiger partial charge in [0.2, 0.25) is 5.91 Å². The van der Waals surface area contributed by atoms with Crippen molar-refractivity contribution < 1.29 is 4.79 Å². The summed E-state index contributed by atoms with van der Waals surface area (Å²) in [5.74, 6) is 0.0870. The molecule has 1 aromatic heterocycles. The van der Waals surface area contributed by atoms with Gasteiger partial charge < -0.3 is 11.1 Å². The summed E-state index contributed by atoms with van der Waals surface area (Å²) in [6.07, 6.45) is 5.26. The second-order valence-corrected chi connectivity index (χ2v) is 5.07. The summed E-state index contributed by atoms with van der Waals surface area (Å²) in [5.41, 5.74) is 7.68. The third kappa shape index (κ3) is 3.80. The Labute approximate surface area is 115 Å². The van der Waals surface area contributed by atoms with Gasteiger partial charge in [-0.05, 0) is 38.2 Å². The lowest BCUT2D eigenvalue weighted by Gasteiger charge is -2.28. The molecule has 0 spiro atoms. The highest BCUT2D eigenvalue weighted by atomic mass is 16.2. The second-order valence-electron chi connectivity index (χ2n) is 5.07. The fraction of sp³-hybridized carbons (Fsp3) is 0.714. The van der Waals surface area contributed by atoms with E-state index in [1.165, 1.54) is 5.56 Å². The lowest BCUT2D eigenvalue weighted by Crippen LogP contribution is -2.45. The molecule has 4 N–H and O–H groups in total. The second kappa shape index (κ2) is 7.28. The Balaban J connectivity index is 2.36. The molecule has 0 saturated carbocycles. The highest BCUT2D eigenvalue weighted by Crippen LogP contribution is 2.24. The highest BCUT2D eigenvalue weighted by Gasteiger charge is 2.32. The van der Waals surface area contributed by atoms with Crippen molar-refractivity contribution in [2.24, 2.45) is 11.1 Å². The number of hydrogen-bond acceptors (Lipinski definition) is 3. The molecule has 19 heavy (non-hydrogen) atoms. The van der Waals surface area contributed by atoms with Gasteiger partial charge in [-0.1, -0.05) is 13.8 Å². The van der Waals surface area contributed by atoms with E-state index in [1.807, 2.05) is 27.0 Å². The van der Waals surface area contributed by atoms with Gasteiger partial charge in [0.05, 0.1) is 11.6 Å². The number of hydrogen-bond donors (Lipinski definition) is 3. The summed E-state index contributed by atoms with van der Waals surface area (Å²) in [5, 5.41) is 9.91. The summed E-state index contributed by atoms with van der Waals surface area (Å²) < 4.78 is 0. The molecular formula is C14H26N4O. The van der Waals surface area contributed by atoms with Gasteiger partial charge in [-0.25, -0.2) is 0 Å². The molecule has 1 heterocycles. The molecule has 0 aliphatic rings. The van der Waals surface area contributed by atoms with Gasteiger partial charge in [-0.15, -0.1) is 0 Å². The Kier molecular flexibility index (Phi) is 6.02. The van der Waals surface area contributed by atoms with Crippen molar-refractivity contribution in [1.82, 2.24) is 15.5 Å². The van der Waals surface area contributed by atoms with Crippen LogP contribution in [0.4, 0.5) is 0 Å². The van der Waals surface area contributed by atoms with Crippen molar-refractivity contribution in [1.29, 1.82) is 0 Å². The SMILES string of the molecule is CCC(CC)(CN)C(=O)NCCCc1cn[nH]c1C. The van der Waals surface area contributed by atoms with Crippen LogP contribution in [0.2, 0.25) is 0 Å². The predicted octanol–water partition coefficient (Wildman–Crippen LogP) is 1.53. The first-order valence-electron chi connectivity index (χ1n) is 7.06. The Bertz CT molecular complexity index is 388. The van der Waals surface area contributed by atoms with Crippen molar-refractivity contribution in [2.45, 2.75) is 46.5 Å². The van der Waals surface area contributed by atoms with Gasteiger partial charge >= 0.3 is 0 Å². The van der Waals surface area contributed by atoms with Crippen LogP contribution in [0.5, 0.6) is 0 Å². The molecular weight excluding hydrogens is 240 g/mol. The van der Waals surface area contributed by atoms with Crippen molar-refractivity contribution in [3.63, 3.8) is 0 Å². The van der Waals surface area contributed by atoms with Crippen LogP contribution in [0.25, 0.3) is 0 Å². The number of nitrogens with one attached hydrogen (secondary N) is 2. The zero-order valence-corrected chi connectivity index (χ0v) is 12.3. The molecule has 0 fully saturated rings. The smallest absolute Gasteiger partial charge is 0.227 e. The summed E-state index contributed by atoms with van der Waals surface area (Å²) >= 11 is 0. The zero-order valence-electron chi connectivity index (χ0n) is 12.3. The average molecular weight is 266 g/mol. The van der Waals surface area contributed by atoms with Crippen LogP contribution in [0, 0.1) is 12.3 Å². The van der Waals surface area contributed by atoms with E-state index in [-0.39, 0.29) is 5.91 Å². The minimum atomic E-state index is -0.397. The third-order valence-corrected chi connectivity index (χ3v) is 4.07. The van der Waals surface area contributed by atoms with E-state index in [4.69, 9.17) is 5.73 Å². The first-order chi connectivity index (χ1) is 9.09. The Morgan fingerprint density at radius 3 is 2.63 bits per heavy atom. The predicted molar refractivity (Wildman–Crippen MR) is 76.7 cm³/mol. The molecule has 108 valence electrons. The molecule has 5 nitrogen and oxygen atoms in total. The van der Waals surface area contributed by atoms with E-state index >= 15 is 0 Å². The number of rotatable bonds is 8. The van der Waals surface area contributed by atoms with E-state index < -0.39 is 5.41 Å². The molecule has 5 heteroatoms. The molecule has 0 aromatic carbocycles. The van der Waals surface area contributed by atoms with Crippen molar-refractivity contribution in [2.75, 3.05) is 13.1 Å². The third-order valence-electron chi connectivity index (χ3n) is 4.07. The van der Waals surface area contributed by atoms with E-state index in [1.54, 1.807) is 0 Å². The first-order valence-corrected chi connectivity index (χ1v) is 7.06. The molecule has 1 aromatic rings. The van der Waals surface area contributed by atoms with Crippen molar-refractivity contribution >= 4 is 5.91 Å². The molecule has 1 rings (SSSR count). The number of aromatic amines is 1. The first kappa shape index (κ1) is 15.7. The van der Waals surface area contributed by atoms with Gasteiger partial charge in [0.1, 0.15) is 0 Å². The van der Waals surface area contributed by atoms with E-state index in [0.29, 0.717) is 13.1 Å². The molecule has 0 radical (unpaired) electrons. The van der Waals surface area contributed by atoms with Gasteiger partial charge in [0, 0.05) is 18.8 Å². The Morgan fingerprint density at radius 1 is 1.47 bits per heavy atom. The van der Waals surface area contributed by atoms with Crippen molar-refractivity contribution in [3.05, 3.63) is 17.5 Å². The molecule has 0 saturated heterocycles. The summed E-state index contributed by atoms with van der Waals surface area (Å²) in [6.45, 7) is 7.14. The molecule has 0 atom stereocenters. The van der Waals surface area contributed by atoms with Gasteiger partial charge in [-0.3, -0.25) is 9.89 Å². The van der Waals surface area contributed by atoms with E-state index in [2.05, 4.69) is 15.5 Å². The normalized spacial score (nSPS) is 11.6. The molecule has 0 unspecified atom stereocenters. The van der Waals surface area contributed by atoms with Crippen LogP contribution in [0.3, 0.4) is 0 Å². The van der Waals surface area contributed by atoms with Crippen LogP contribution >= 0.6 is 0 Å². The summed E-state index contributed by atoms with van der Waals surface area (Å²) in [4.78, 5) is 12.2. The quantitative estimate of drug-likeness (QED) is 0.624. The maximum atomic E-state index is 12.2. The zero-order chi connectivity index (χ0) is 14.3. The Hall–Kier alpha value is -1.36. The standard InChI is InChI=1S/C14H26N4O/c1-4-14(5-2,10-15)13(19)16-8-6-7-12-9-17-18-11(12)3/h9H,4-8,10,15H2,1-3H3,(H,16,19)(H,17,18). The van der Waals surface area contributed by atoms with Gasteiger partial charge in [0.15, 0.2) is 0 Å². The van der Waals surface area contributed by atoms with E-state index in [9.17, 15) is 4.79 Å². The fourth-order valence-corrected chi connectivity index (χ4v) is 2.25. The lowest BCUT2D eigenvalue weighted by atomic mass is 9.81. The van der Waals surface area contributed by atoms with Gasteiger partial charge in [-0.2, -0.15) is 5.10 Å². The van der Waals surface area contributed by atoms with Crippen LogP contribution in [-0.4, -0.2) is 29.2 Å². The molecule has 1 amide bonds. The molecule has 0 aliphatic carbocycles. The van der Waals surface area contributed by atoms with Crippen molar-refractivity contribution in [3.8, 4) is 0 Å². The summed E-state index contributed by atoms with van der Waals surface area (Å²) in [6, 6.07) is 0. The number of aryl methyl sites for hydroxylation is 2. The number of amides is 1. The van der Waals surface area contributed by atoms with Crippen LogP contribution in [0.1, 0.15) is 44.4 Å². The number of carbonyl (C=O) groups is 1. The summed E-state index contributed by atoms with van der Waals surface area (Å²) in [7, 11) is 0. The topological polar surface area (TPSA) is 83.8 Å². The average Bonchev–Trinajstić information content (AvgIpc) is 2.83. The number of aromatic nitrogens is 2. The van der Waals surface area contributed by atoms with Crippen LogP contribution in [0.15, 0.2) is 6.20 Å². The number of nitrogens with two attached hydrogens (primary N) is 1. The number of carbonyl (C=O) groups excluding carboxylic acids is 1. The maximum Gasteiger partial charge on any atom is 0.227 e. The number of H-pyrrole nitrogens is 1. The minimum absolute atomic E-state index is 0.0870. The van der Waals surface area contributed by atoms with Crippen LogP contribution < -0.4 is 11.1 Å².